The van der Waals surface area contributed by atoms with Crippen LogP contribution in [0.5, 0.6) is 0 Å². The Morgan fingerprint density at radius 1 is 1.40 bits per heavy atom. The van der Waals surface area contributed by atoms with Crippen molar-refractivity contribution < 1.29 is 9.47 Å². The predicted molar refractivity (Wildman–Crippen MR) is 104 cm³/mol. The Morgan fingerprint density at radius 2 is 2.20 bits per heavy atom. The largest absolute Gasteiger partial charge is 0.379 e. The van der Waals surface area contributed by atoms with Gasteiger partial charge >= 0.3 is 0 Å². The molecule has 3 rings (SSSR count). The summed E-state index contributed by atoms with van der Waals surface area (Å²) in [6, 6.07) is 9.27. The smallest absolute Gasteiger partial charge is 0.191 e. The van der Waals surface area contributed by atoms with E-state index in [0.29, 0.717) is 18.6 Å². The molecule has 1 aliphatic carbocycles. The third kappa shape index (κ3) is 5.69. The van der Waals surface area contributed by atoms with Crippen LogP contribution in [0.1, 0.15) is 38.2 Å². The second-order valence-electron chi connectivity index (χ2n) is 6.83. The van der Waals surface area contributed by atoms with Gasteiger partial charge in [-0.3, -0.25) is 4.99 Å². The molecule has 2 aliphatic rings. The minimum Gasteiger partial charge on any atom is -0.379 e. The Labute approximate surface area is 158 Å². The monoisotopic (exact) mass is 409 g/mol. The Balaban J connectivity index is 1.45. The van der Waals surface area contributed by atoms with Crippen LogP contribution in [0.25, 0.3) is 0 Å². The van der Waals surface area contributed by atoms with Crippen LogP contribution in [0.15, 0.2) is 33.7 Å². The van der Waals surface area contributed by atoms with Crippen molar-refractivity contribution in [3.8, 4) is 0 Å². The van der Waals surface area contributed by atoms with Gasteiger partial charge in [-0.1, -0.05) is 28.1 Å². The number of guanidine groups is 1. The predicted octanol–water partition coefficient (Wildman–Crippen LogP) is 3.05. The second kappa shape index (κ2) is 9.01. The SMILES string of the molecule is CCN=C(NC(C)COC1CCOC1)NC1CC1c1ccc(Br)cc1. The van der Waals surface area contributed by atoms with Gasteiger partial charge in [0.25, 0.3) is 0 Å². The summed E-state index contributed by atoms with van der Waals surface area (Å²) in [6.45, 7) is 7.14. The van der Waals surface area contributed by atoms with Crippen LogP contribution in [0.3, 0.4) is 0 Å². The van der Waals surface area contributed by atoms with E-state index in [9.17, 15) is 0 Å². The molecule has 0 radical (unpaired) electrons. The Morgan fingerprint density at radius 3 is 2.88 bits per heavy atom. The van der Waals surface area contributed by atoms with E-state index in [1.807, 2.05) is 0 Å². The molecule has 0 aromatic heterocycles. The molecule has 1 saturated carbocycles. The molecule has 4 atom stereocenters. The summed E-state index contributed by atoms with van der Waals surface area (Å²) in [6.07, 6.45) is 2.39. The quantitative estimate of drug-likeness (QED) is 0.536. The number of aliphatic imine (C=N–C) groups is 1. The summed E-state index contributed by atoms with van der Waals surface area (Å²) in [5.74, 6) is 1.45. The van der Waals surface area contributed by atoms with Gasteiger partial charge in [0.15, 0.2) is 5.96 Å². The van der Waals surface area contributed by atoms with Crippen molar-refractivity contribution >= 4 is 21.9 Å². The first kappa shape index (κ1) is 18.7. The van der Waals surface area contributed by atoms with Gasteiger partial charge in [0, 0.05) is 35.6 Å². The summed E-state index contributed by atoms with van der Waals surface area (Å²) in [5.41, 5.74) is 1.38. The Hall–Kier alpha value is -1.11. The maximum atomic E-state index is 5.89. The summed E-state index contributed by atoms with van der Waals surface area (Å²) >= 11 is 3.49. The molecule has 0 bridgehead atoms. The first-order valence-electron chi connectivity index (χ1n) is 9.18. The standard InChI is InChI=1S/C19H28BrN3O2/c1-3-21-19(22-13(2)11-25-16-8-9-24-12-16)23-18-10-17(18)14-4-6-15(20)7-5-14/h4-7,13,16-18H,3,8-12H2,1-2H3,(H2,21,22,23). The molecule has 25 heavy (non-hydrogen) atoms. The summed E-state index contributed by atoms with van der Waals surface area (Å²) in [5, 5.41) is 7.02. The number of benzene rings is 1. The normalized spacial score (nSPS) is 27.2. The van der Waals surface area contributed by atoms with Crippen LogP contribution >= 0.6 is 15.9 Å². The molecule has 1 aromatic carbocycles. The fourth-order valence-electron chi connectivity index (χ4n) is 3.10. The number of rotatable bonds is 7. The highest BCUT2D eigenvalue weighted by Gasteiger charge is 2.39. The zero-order valence-electron chi connectivity index (χ0n) is 15.0. The van der Waals surface area contributed by atoms with Gasteiger partial charge in [0.1, 0.15) is 0 Å². The van der Waals surface area contributed by atoms with Crippen LogP contribution in [0.4, 0.5) is 0 Å². The molecule has 2 fully saturated rings. The lowest BCUT2D eigenvalue weighted by molar-refractivity contribution is 0.0347. The van der Waals surface area contributed by atoms with E-state index < -0.39 is 0 Å². The highest BCUT2D eigenvalue weighted by Crippen LogP contribution is 2.40. The molecule has 5 nitrogen and oxygen atoms in total. The molecule has 1 saturated heterocycles. The first-order valence-corrected chi connectivity index (χ1v) is 9.97. The third-order valence-electron chi connectivity index (χ3n) is 4.58. The average molecular weight is 410 g/mol. The number of ether oxygens (including phenoxy) is 2. The zero-order chi connectivity index (χ0) is 17.6. The minimum absolute atomic E-state index is 0.211. The van der Waals surface area contributed by atoms with Crippen molar-refractivity contribution in [2.24, 2.45) is 4.99 Å². The van der Waals surface area contributed by atoms with E-state index in [1.165, 1.54) is 5.56 Å². The van der Waals surface area contributed by atoms with Gasteiger partial charge in [-0.25, -0.2) is 0 Å². The van der Waals surface area contributed by atoms with Gasteiger partial charge < -0.3 is 20.1 Å². The lowest BCUT2D eigenvalue weighted by atomic mass is 10.1. The molecule has 1 aromatic rings. The Kier molecular flexibility index (Phi) is 6.73. The first-order chi connectivity index (χ1) is 12.2. The van der Waals surface area contributed by atoms with E-state index in [1.54, 1.807) is 0 Å². The van der Waals surface area contributed by atoms with Crippen molar-refractivity contribution in [3.05, 3.63) is 34.3 Å². The third-order valence-corrected chi connectivity index (χ3v) is 5.11. The van der Waals surface area contributed by atoms with Crippen LogP contribution in [-0.4, -0.2) is 50.5 Å². The Bertz CT molecular complexity index is 573. The molecule has 2 N–H and O–H groups in total. The van der Waals surface area contributed by atoms with Crippen molar-refractivity contribution in [2.75, 3.05) is 26.4 Å². The molecule has 1 aliphatic heterocycles. The van der Waals surface area contributed by atoms with E-state index in [4.69, 9.17) is 9.47 Å². The van der Waals surface area contributed by atoms with Gasteiger partial charge in [0.05, 0.1) is 19.3 Å². The molecular formula is C19H28BrN3O2. The van der Waals surface area contributed by atoms with Crippen molar-refractivity contribution in [1.82, 2.24) is 10.6 Å². The molecule has 6 heteroatoms. The molecular weight excluding hydrogens is 382 g/mol. The molecule has 0 amide bonds. The molecule has 4 unspecified atom stereocenters. The van der Waals surface area contributed by atoms with Crippen LogP contribution in [0, 0.1) is 0 Å². The lowest BCUT2D eigenvalue weighted by Gasteiger charge is -2.20. The minimum atomic E-state index is 0.211. The maximum absolute atomic E-state index is 5.89. The summed E-state index contributed by atoms with van der Waals surface area (Å²) < 4.78 is 12.4. The zero-order valence-corrected chi connectivity index (χ0v) is 16.6. The van der Waals surface area contributed by atoms with E-state index in [0.717, 1.165) is 43.0 Å². The maximum Gasteiger partial charge on any atom is 0.191 e. The number of hydrogen-bond donors (Lipinski definition) is 2. The number of hydrogen-bond acceptors (Lipinski definition) is 3. The lowest BCUT2D eigenvalue weighted by Crippen LogP contribution is -2.45. The molecule has 138 valence electrons. The van der Waals surface area contributed by atoms with Gasteiger partial charge in [-0.2, -0.15) is 0 Å². The van der Waals surface area contributed by atoms with Gasteiger partial charge in [-0.15, -0.1) is 0 Å². The van der Waals surface area contributed by atoms with Crippen molar-refractivity contribution in [2.45, 2.75) is 50.8 Å². The van der Waals surface area contributed by atoms with E-state index in [-0.39, 0.29) is 12.1 Å². The molecule has 1 heterocycles. The highest BCUT2D eigenvalue weighted by molar-refractivity contribution is 9.10. The number of halogens is 1. The van der Waals surface area contributed by atoms with Crippen LogP contribution in [0.2, 0.25) is 0 Å². The molecule has 0 spiro atoms. The second-order valence-corrected chi connectivity index (χ2v) is 7.75. The van der Waals surface area contributed by atoms with E-state index in [2.05, 4.69) is 69.7 Å². The number of nitrogens with one attached hydrogen (secondary N) is 2. The topological polar surface area (TPSA) is 54.9 Å². The van der Waals surface area contributed by atoms with Crippen molar-refractivity contribution in [1.29, 1.82) is 0 Å². The number of nitrogens with zero attached hydrogens (tertiary/aromatic N) is 1. The average Bonchev–Trinajstić information content (AvgIpc) is 3.15. The van der Waals surface area contributed by atoms with Gasteiger partial charge in [0.2, 0.25) is 0 Å². The van der Waals surface area contributed by atoms with Crippen LogP contribution in [-0.2, 0) is 9.47 Å². The van der Waals surface area contributed by atoms with E-state index >= 15 is 0 Å². The fraction of sp³-hybridized carbons (Fsp3) is 0.632. The fourth-order valence-corrected chi connectivity index (χ4v) is 3.36. The van der Waals surface area contributed by atoms with Crippen molar-refractivity contribution in [3.63, 3.8) is 0 Å². The summed E-state index contributed by atoms with van der Waals surface area (Å²) in [7, 11) is 0. The van der Waals surface area contributed by atoms with Crippen LogP contribution < -0.4 is 10.6 Å². The highest BCUT2D eigenvalue weighted by atomic mass is 79.9. The summed E-state index contributed by atoms with van der Waals surface area (Å²) in [4.78, 5) is 4.57. The van der Waals surface area contributed by atoms with Gasteiger partial charge in [-0.05, 0) is 44.4 Å².